The topological polar surface area (TPSA) is 96.9 Å². The number of rotatable bonds is 7. The molecule has 3 aromatic carbocycles. The van der Waals surface area contributed by atoms with Gasteiger partial charge < -0.3 is 5.32 Å². The summed E-state index contributed by atoms with van der Waals surface area (Å²) in [7, 11) is -3.78. The van der Waals surface area contributed by atoms with Crippen LogP contribution < -0.4 is 10.0 Å². The van der Waals surface area contributed by atoms with Gasteiger partial charge in [0.2, 0.25) is 10.0 Å². The maximum Gasteiger partial charge on any atom is 0.241 e. The zero-order chi connectivity index (χ0) is 25.1. The van der Waals surface area contributed by atoms with E-state index in [1.54, 1.807) is 37.4 Å². The van der Waals surface area contributed by atoms with Crippen LogP contribution in [0.25, 0.3) is 22.0 Å². The summed E-state index contributed by atoms with van der Waals surface area (Å²) in [6.07, 6.45) is 1.64. The van der Waals surface area contributed by atoms with E-state index in [9.17, 15) is 8.42 Å². The van der Waals surface area contributed by atoms with Crippen molar-refractivity contribution in [1.82, 2.24) is 19.9 Å². The Kier molecular flexibility index (Phi) is 6.45. The number of benzene rings is 3. The summed E-state index contributed by atoms with van der Waals surface area (Å²) < 4.78 is 29.0. The molecule has 0 fully saturated rings. The van der Waals surface area contributed by atoms with Crippen molar-refractivity contribution in [3.63, 3.8) is 0 Å². The van der Waals surface area contributed by atoms with E-state index in [4.69, 9.17) is 0 Å². The van der Waals surface area contributed by atoms with Crippen molar-refractivity contribution in [2.75, 3.05) is 5.32 Å². The Morgan fingerprint density at radius 3 is 2.31 bits per heavy atom. The van der Waals surface area contributed by atoms with Crippen molar-refractivity contribution in [2.45, 2.75) is 25.3 Å². The van der Waals surface area contributed by atoms with Crippen LogP contribution in [0.4, 0.5) is 11.5 Å². The van der Waals surface area contributed by atoms with Crippen LogP contribution in [-0.4, -0.2) is 23.6 Å². The number of aromatic nitrogens is 3. The minimum Gasteiger partial charge on any atom is -0.338 e. The Bertz CT molecular complexity index is 1640. The Labute approximate surface area is 210 Å². The summed E-state index contributed by atoms with van der Waals surface area (Å²) in [5, 5.41) is 14.1. The molecule has 2 heterocycles. The van der Waals surface area contributed by atoms with E-state index in [1.165, 1.54) is 5.56 Å². The maximum absolute atomic E-state index is 13.2. The van der Waals surface area contributed by atoms with Crippen LogP contribution in [0.2, 0.25) is 0 Å². The SMILES string of the molecule is Cc1ccc(Nc2nnc(-c3ccc(C)c(S(=O)(=O)NCc4ccccn4)c3)c3ccccc23)cc1. The third-order valence-electron chi connectivity index (χ3n) is 5.92. The molecule has 5 aromatic rings. The van der Waals surface area contributed by atoms with Crippen LogP contribution in [0.1, 0.15) is 16.8 Å². The van der Waals surface area contributed by atoms with Crippen molar-refractivity contribution in [1.29, 1.82) is 0 Å². The molecule has 0 saturated heterocycles. The standard InChI is InChI=1S/C28H25N5O2S/c1-19-10-14-22(15-11-19)31-28-25-9-4-3-8-24(25)27(32-33-28)21-13-12-20(2)26(17-21)36(34,35)30-18-23-7-5-6-16-29-23/h3-17,30H,18H2,1-2H3,(H,31,33). The molecule has 180 valence electrons. The normalized spacial score (nSPS) is 11.5. The summed E-state index contributed by atoms with van der Waals surface area (Å²) in [5.41, 5.74) is 4.65. The number of nitrogens with zero attached hydrogens (tertiary/aromatic N) is 3. The van der Waals surface area contributed by atoms with Crippen molar-refractivity contribution in [2.24, 2.45) is 0 Å². The van der Waals surface area contributed by atoms with Crippen molar-refractivity contribution >= 4 is 32.3 Å². The van der Waals surface area contributed by atoms with Gasteiger partial charge in [-0.05, 0) is 49.7 Å². The molecular weight excluding hydrogens is 470 g/mol. The molecule has 0 bridgehead atoms. The minimum absolute atomic E-state index is 0.106. The Balaban J connectivity index is 1.51. The molecule has 5 rings (SSSR count). The second-order valence-electron chi connectivity index (χ2n) is 8.56. The number of anilines is 2. The predicted octanol–water partition coefficient (Wildman–Crippen LogP) is 5.53. The molecule has 7 nitrogen and oxygen atoms in total. The van der Waals surface area contributed by atoms with E-state index in [0.29, 0.717) is 28.3 Å². The summed E-state index contributed by atoms with van der Waals surface area (Å²) >= 11 is 0. The van der Waals surface area contributed by atoms with Gasteiger partial charge in [0.1, 0.15) is 5.69 Å². The average Bonchev–Trinajstić information content (AvgIpc) is 2.90. The molecule has 36 heavy (non-hydrogen) atoms. The van der Waals surface area contributed by atoms with Gasteiger partial charge in [-0.15, -0.1) is 10.2 Å². The lowest BCUT2D eigenvalue weighted by molar-refractivity contribution is 0.580. The number of nitrogens with one attached hydrogen (secondary N) is 2. The highest BCUT2D eigenvalue weighted by atomic mass is 32.2. The number of pyridine rings is 1. The quantitative estimate of drug-likeness (QED) is 0.308. The molecule has 0 aliphatic heterocycles. The molecule has 0 amide bonds. The van der Waals surface area contributed by atoms with Crippen LogP contribution >= 0.6 is 0 Å². The predicted molar refractivity (Wildman–Crippen MR) is 142 cm³/mol. The monoisotopic (exact) mass is 495 g/mol. The lowest BCUT2D eigenvalue weighted by Gasteiger charge is -2.14. The molecule has 0 unspecified atom stereocenters. The molecule has 0 saturated carbocycles. The molecule has 0 radical (unpaired) electrons. The fraction of sp³-hybridized carbons (Fsp3) is 0.107. The highest BCUT2D eigenvalue weighted by molar-refractivity contribution is 7.89. The van der Waals surface area contributed by atoms with Crippen LogP contribution in [-0.2, 0) is 16.6 Å². The number of sulfonamides is 1. The first-order valence-corrected chi connectivity index (χ1v) is 13.0. The van der Waals surface area contributed by atoms with Crippen molar-refractivity contribution < 1.29 is 8.42 Å². The smallest absolute Gasteiger partial charge is 0.241 e. The molecular formula is C28H25N5O2S. The first-order valence-electron chi connectivity index (χ1n) is 11.5. The van der Waals surface area contributed by atoms with Gasteiger partial charge in [0.05, 0.1) is 17.1 Å². The summed E-state index contributed by atoms with van der Waals surface area (Å²) in [6.45, 7) is 3.92. The van der Waals surface area contributed by atoms with Crippen molar-refractivity contribution in [3.8, 4) is 11.3 Å². The van der Waals surface area contributed by atoms with Crippen LogP contribution in [0.15, 0.2) is 96.0 Å². The van der Waals surface area contributed by atoms with E-state index in [0.717, 1.165) is 16.5 Å². The van der Waals surface area contributed by atoms with E-state index in [2.05, 4.69) is 25.2 Å². The van der Waals surface area contributed by atoms with Crippen LogP contribution in [0.3, 0.4) is 0 Å². The summed E-state index contributed by atoms with van der Waals surface area (Å²) in [4.78, 5) is 4.39. The largest absolute Gasteiger partial charge is 0.338 e. The maximum atomic E-state index is 13.2. The average molecular weight is 496 g/mol. The minimum atomic E-state index is -3.78. The first kappa shape index (κ1) is 23.6. The van der Waals surface area contributed by atoms with Gasteiger partial charge in [0.15, 0.2) is 5.82 Å². The molecule has 0 spiro atoms. The summed E-state index contributed by atoms with van der Waals surface area (Å²) in [6, 6.07) is 26.6. The van der Waals surface area contributed by atoms with Gasteiger partial charge in [0.25, 0.3) is 0 Å². The van der Waals surface area contributed by atoms with E-state index in [-0.39, 0.29) is 11.4 Å². The Morgan fingerprint density at radius 2 is 1.56 bits per heavy atom. The summed E-state index contributed by atoms with van der Waals surface area (Å²) in [5.74, 6) is 0.634. The third kappa shape index (κ3) is 4.95. The number of hydrogen-bond acceptors (Lipinski definition) is 6. The lowest BCUT2D eigenvalue weighted by atomic mass is 10.0. The van der Waals surface area contributed by atoms with Crippen LogP contribution in [0.5, 0.6) is 0 Å². The zero-order valence-electron chi connectivity index (χ0n) is 19.9. The van der Waals surface area contributed by atoms with E-state index in [1.807, 2.05) is 67.6 Å². The molecule has 0 atom stereocenters. The van der Waals surface area contributed by atoms with Gasteiger partial charge in [-0.2, -0.15) is 0 Å². The Hall–Kier alpha value is -4.14. The highest BCUT2D eigenvalue weighted by Crippen LogP contribution is 2.32. The molecule has 2 aromatic heterocycles. The fourth-order valence-corrected chi connectivity index (χ4v) is 5.24. The first-order chi connectivity index (χ1) is 17.4. The van der Waals surface area contributed by atoms with Crippen molar-refractivity contribution in [3.05, 3.63) is 108 Å². The fourth-order valence-electron chi connectivity index (χ4n) is 3.97. The molecule has 8 heteroatoms. The number of fused-ring (bicyclic) bond motifs is 1. The highest BCUT2D eigenvalue weighted by Gasteiger charge is 2.19. The van der Waals surface area contributed by atoms with E-state index >= 15 is 0 Å². The molecule has 0 aliphatic carbocycles. The van der Waals surface area contributed by atoms with E-state index < -0.39 is 10.0 Å². The molecule has 2 N–H and O–H groups in total. The van der Waals surface area contributed by atoms with Gasteiger partial charge in [-0.1, -0.05) is 60.2 Å². The van der Waals surface area contributed by atoms with Gasteiger partial charge in [-0.3, -0.25) is 4.98 Å². The van der Waals surface area contributed by atoms with Crippen LogP contribution in [0, 0.1) is 13.8 Å². The number of aryl methyl sites for hydroxylation is 2. The third-order valence-corrected chi connectivity index (χ3v) is 7.47. The zero-order valence-corrected chi connectivity index (χ0v) is 20.8. The number of hydrogen-bond donors (Lipinski definition) is 2. The molecule has 0 aliphatic rings. The Morgan fingerprint density at radius 1 is 0.806 bits per heavy atom. The second-order valence-corrected chi connectivity index (χ2v) is 10.3. The van der Waals surface area contributed by atoms with Gasteiger partial charge in [-0.25, -0.2) is 13.1 Å². The lowest BCUT2D eigenvalue weighted by Crippen LogP contribution is -2.24. The van der Waals surface area contributed by atoms with Gasteiger partial charge in [0, 0.05) is 28.2 Å². The second kappa shape index (κ2) is 9.85. The van der Waals surface area contributed by atoms with Gasteiger partial charge >= 0.3 is 0 Å².